The Bertz CT molecular complexity index is 394. The Labute approximate surface area is 108 Å². The van der Waals surface area contributed by atoms with E-state index < -0.39 is 5.97 Å². The van der Waals surface area contributed by atoms with E-state index in [1.165, 1.54) is 25.7 Å². The predicted octanol–water partition coefficient (Wildman–Crippen LogP) is 3.27. The van der Waals surface area contributed by atoms with Crippen LogP contribution in [0.2, 0.25) is 0 Å². The number of rotatable bonds is 6. The zero-order valence-electron chi connectivity index (χ0n) is 10.6. The van der Waals surface area contributed by atoms with E-state index in [1.807, 2.05) is 24.3 Å². The fraction of sp³-hybridized carbons (Fsp3) is 0.533. The second-order valence-corrected chi connectivity index (χ2v) is 4.97. The van der Waals surface area contributed by atoms with Crippen molar-refractivity contribution in [2.45, 2.75) is 38.5 Å². The van der Waals surface area contributed by atoms with E-state index in [-0.39, 0.29) is 6.42 Å². The molecule has 2 rings (SSSR count). The van der Waals surface area contributed by atoms with Gasteiger partial charge >= 0.3 is 5.97 Å². The van der Waals surface area contributed by atoms with E-state index in [0.717, 1.165) is 23.7 Å². The molecule has 0 radical (unpaired) electrons. The number of carbonyl (C=O) groups is 1. The minimum Gasteiger partial charge on any atom is -0.493 e. The van der Waals surface area contributed by atoms with E-state index in [0.29, 0.717) is 6.61 Å². The number of aliphatic carboxylic acids is 1. The van der Waals surface area contributed by atoms with Crippen LogP contribution in [0.5, 0.6) is 5.75 Å². The number of para-hydroxylation sites is 1. The molecule has 1 aliphatic rings. The van der Waals surface area contributed by atoms with Gasteiger partial charge in [-0.05, 0) is 18.4 Å². The topological polar surface area (TPSA) is 46.5 Å². The van der Waals surface area contributed by atoms with Crippen LogP contribution >= 0.6 is 0 Å². The lowest BCUT2D eigenvalue weighted by molar-refractivity contribution is -0.136. The van der Waals surface area contributed by atoms with E-state index >= 15 is 0 Å². The van der Waals surface area contributed by atoms with Crippen LogP contribution in [0.25, 0.3) is 0 Å². The monoisotopic (exact) mass is 248 g/mol. The minimum absolute atomic E-state index is 0.0274. The van der Waals surface area contributed by atoms with E-state index in [1.54, 1.807) is 0 Å². The lowest BCUT2D eigenvalue weighted by atomic mass is 10.1. The zero-order valence-corrected chi connectivity index (χ0v) is 10.6. The average Bonchev–Trinajstić information content (AvgIpc) is 2.84. The largest absolute Gasteiger partial charge is 0.493 e. The zero-order chi connectivity index (χ0) is 12.8. The number of carboxylic acid groups (broad SMARTS) is 1. The van der Waals surface area contributed by atoms with Crippen molar-refractivity contribution >= 4 is 5.97 Å². The molecule has 3 nitrogen and oxygen atoms in total. The average molecular weight is 248 g/mol. The molecule has 0 unspecified atom stereocenters. The Morgan fingerprint density at radius 3 is 2.72 bits per heavy atom. The van der Waals surface area contributed by atoms with Gasteiger partial charge < -0.3 is 9.84 Å². The molecule has 18 heavy (non-hydrogen) atoms. The standard InChI is InChI=1S/C15H20O3/c16-15(17)11-13-7-3-4-8-14(13)18-10-9-12-5-1-2-6-12/h3-4,7-8,12H,1-2,5-6,9-11H2,(H,16,17). The summed E-state index contributed by atoms with van der Waals surface area (Å²) in [6.45, 7) is 0.696. The molecule has 0 saturated heterocycles. The Kier molecular flexibility index (Phi) is 4.62. The SMILES string of the molecule is O=C(O)Cc1ccccc1OCCC1CCCC1. The summed E-state index contributed by atoms with van der Waals surface area (Å²) in [5, 5.41) is 8.83. The van der Waals surface area contributed by atoms with Gasteiger partial charge in [-0.1, -0.05) is 43.9 Å². The molecule has 0 heterocycles. The van der Waals surface area contributed by atoms with Gasteiger partial charge in [-0.3, -0.25) is 4.79 Å². The number of carboxylic acids is 1. The van der Waals surface area contributed by atoms with Crippen LogP contribution in [0.3, 0.4) is 0 Å². The van der Waals surface area contributed by atoms with Crippen LogP contribution in [0.15, 0.2) is 24.3 Å². The summed E-state index contributed by atoms with van der Waals surface area (Å²) < 4.78 is 5.74. The first-order valence-corrected chi connectivity index (χ1v) is 6.68. The summed E-state index contributed by atoms with van der Waals surface area (Å²) in [6, 6.07) is 7.41. The highest BCUT2D eigenvalue weighted by Gasteiger charge is 2.15. The van der Waals surface area contributed by atoms with Crippen molar-refractivity contribution in [2.24, 2.45) is 5.92 Å². The predicted molar refractivity (Wildman–Crippen MR) is 69.9 cm³/mol. The van der Waals surface area contributed by atoms with E-state index in [4.69, 9.17) is 9.84 Å². The van der Waals surface area contributed by atoms with Crippen molar-refractivity contribution in [1.29, 1.82) is 0 Å². The van der Waals surface area contributed by atoms with E-state index in [9.17, 15) is 4.79 Å². The summed E-state index contributed by atoms with van der Waals surface area (Å²) in [6.07, 6.45) is 6.45. The van der Waals surface area contributed by atoms with Crippen molar-refractivity contribution in [1.82, 2.24) is 0 Å². The lowest BCUT2D eigenvalue weighted by Crippen LogP contribution is -2.07. The first-order chi connectivity index (χ1) is 8.75. The molecule has 0 bridgehead atoms. The van der Waals surface area contributed by atoms with Gasteiger partial charge in [-0.25, -0.2) is 0 Å². The molecule has 98 valence electrons. The third-order valence-electron chi connectivity index (χ3n) is 3.57. The van der Waals surface area contributed by atoms with Gasteiger partial charge in [-0.2, -0.15) is 0 Å². The Morgan fingerprint density at radius 1 is 1.28 bits per heavy atom. The minimum atomic E-state index is -0.818. The Balaban J connectivity index is 1.85. The lowest BCUT2D eigenvalue weighted by Gasteiger charge is -2.12. The normalized spacial score (nSPS) is 15.8. The molecule has 1 aromatic carbocycles. The maximum absolute atomic E-state index is 10.7. The Hall–Kier alpha value is -1.51. The third kappa shape index (κ3) is 3.76. The van der Waals surface area contributed by atoms with Crippen molar-refractivity contribution in [3.8, 4) is 5.75 Å². The molecule has 3 heteroatoms. The molecule has 0 aromatic heterocycles. The second-order valence-electron chi connectivity index (χ2n) is 4.97. The summed E-state index contributed by atoms with van der Waals surface area (Å²) in [5.41, 5.74) is 0.761. The second kappa shape index (κ2) is 6.43. The van der Waals surface area contributed by atoms with Crippen LogP contribution in [-0.2, 0) is 11.2 Å². The summed E-state index contributed by atoms with van der Waals surface area (Å²) in [5.74, 6) is 0.705. The van der Waals surface area contributed by atoms with Crippen LogP contribution in [0.1, 0.15) is 37.7 Å². The fourth-order valence-electron chi connectivity index (χ4n) is 2.59. The van der Waals surface area contributed by atoms with Crippen molar-refractivity contribution < 1.29 is 14.6 Å². The molecule has 1 saturated carbocycles. The molecule has 1 aromatic rings. The highest BCUT2D eigenvalue weighted by atomic mass is 16.5. The van der Waals surface area contributed by atoms with Crippen LogP contribution in [0, 0.1) is 5.92 Å². The van der Waals surface area contributed by atoms with Crippen molar-refractivity contribution in [2.75, 3.05) is 6.61 Å². The molecule has 0 spiro atoms. The van der Waals surface area contributed by atoms with Gasteiger partial charge in [0.05, 0.1) is 13.0 Å². The molecule has 0 aliphatic heterocycles. The first kappa shape index (κ1) is 12.9. The third-order valence-corrected chi connectivity index (χ3v) is 3.57. The highest BCUT2D eigenvalue weighted by molar-refractivity contribution is 5.71. The van der Waals surface area contributed by atoms with Gasteiger partial charge in [0.2, 0.25) is 0 Å². The fourth-order valence-corrected chi connectivity index (χ4v) is 2.59. The molecule has 1 aliphatic carbocycles. The first-order valence-electron chi connectivity index (χ1n) is 6.68. The van der Waals surface area contributed by atoms with Crippen molar-refractivity contribution in [3.63, 3.8) is 0 Å². The quantitative estimate of drug-likeness (QED) is 0.840. The van der Waals surface area contributed by atoms with Crippen LogP contribution in [0.4, 0.5) is 0 Å². The molecule has 1 N–H and O–H groups in total. The van der Waals surface area contributed by atoms with Gasteiger partial charge in [0.1, 0.15) is 5.75 Å². The van der Waals surface area contributed by atoms with Crippen LogP contribution in [-0.4, -0.2) is 17.7 Å². The van der Waals surface area contributed by atoms with Gasteiger partial charge in [0.15, 0.2) is 0 Å². The molecular weight excluding hydrogens is 228 g/mol. The smallest absolute Gasteiger partial charge is 0.307 e. The summed E-state index contributed by atoms with van der Waals surface area (Å²) in [7, 11) is 0. The maximum atomic E-state index is 10.7. The van der Waals surface area contributed by atoms with Crippen molar-refractivity contribution in [3.05, 3.63) is 29.8 Å². The number of ether oxygens (including phenoxy) is 1. The maximum Gasteiger partial charge on any atom is 0.307 e. The van der Waals surface area contributed by atoms with Gasteiger partial charge in [0.25, 0.3) is 0 Å². The molecular formula is C15H20O3. The molecule has 0 amide bonds. The van der Waals surface area contributed by atoms with E-state index in [2.05, 4.69) is 0 Å². The summed E-state index contributed by atoms with van der Waals surface area (Å²) in [4.78, 5) is 10.7. The Morgan fingerprint density at radius 2 is 2.00 bits per heavy atom. The number of hydrogen-bond acceptors (Lipinski definition) is 2. The molecule has 0 atom stereocenters. The number of benzene rings is 1. The summed E-state index contributed by atoms with van der Waals surface area (Å²) >= 11 is 0. The number of hydrogen-bond donors (Lipinski definition) is 1. The van der Waals surface area contributed by atoms with Gasteiger partial charge in [0, 0.05) is 5.56 Å². The molecule has 1 fully saturated rings. The van der Waals surface area contributed by atoms with Crippen LogP contribution < -0.4 is 4.74 Å². The van der Waals surface area contributed by atoms with Gasteiger partial charge in [-0.15, -0.1) is 0 Å². The highest BCUT2D eigenvalue weighted by Crippen LogP contribution is 2.28.